The highest BCUT2D eigenvalue weighted by Crippen LogP contribution is 2.74. The SMILES string of the molecule is CC1=C[C@@H]2[C@H](CC(CO)=C[C@H]3C4C(C)(C)C4(O)[C@H](O)[C@@H](C)[C@]23O)C1=O. The van der Waals surface area contributed by atoms with Crippen LogP contribution in [0.3, 0.4) is 0 Å². The van der Waals surface area contributed by atoms with E-state index >= 15 is 0 Å². The van der Waals surface area contributed by atoms with Gasteiger partial charge in [-0.05, 0) is 24.5 Å². The zero-order chi connectivity index (χ0) is 18.5. The van der Waals surface area contributed by atoms with E-state index in [4.69, 9.17) is 0 Å². The maximum atomic E-state index is 12.6. The molecule has 138 valence electrons. The first-order chi connectivity index (χ1) is 11.5. The molecule has 0 spiro atoms. The van der Waals surface area contributed by atoms with Crippen molar-refractivity contribution in [3.63, 3.8) is 0 Å². The number of Topliss-reactive ketones (excluding diaryl/α,β-unsaturated/α-hetero) is 1. The van der Waals surface area contributed by atoms with Crippen LogP contribution in [0.25, 0.3) is 0 Å². The smallest absolute Gasteiger partial charge is 0.162 e. The van der Waals surface area contributed by atoms with E-state index in [9.17, 15) is 25.2 Å². The fourth-order valence-corrected chi connectivity index (χ4v) is 6.38. The monoisotopic (exact) mass is 348 g/mol. The first-order valence-electron chi connectivity index (χ1n) is 9.18. The van der Waals surface area contributed by atoms with Crippen molar-refractivity contribution in [1.29, 1.82) is 0 Å². The molecule has 0 radical (unpaired) electrons. The Hall–Kier alpha value is -1.01. The van der Waals surface area contributed by atoms with Gasteiger partial charge in [0, 0.05) is 35.0 Å². The highest BCUT2D eigenvalue weighted by molar-refractivity contribution is 5.99. The van der Waals surface area contributed by atoms with Gasteiger partial charge in [-0.3, -0.25) is 4.79 Å². The second kappa shape index (κ2) is 4.83. The molecule has 4 N–H and O–H groups in total. The molecule has 0 aromatic carbocycles. The lowest BCUT2D eigenvalue weighted by Gasteiger charge is -2.50. The molecule has 4 aliphatic carbocycles. The third-order valence-electron chi connectivity index (χ3n) is 7.97. The molecule has 4 aliphatic rings. The molecular formula is C20H28O5. The normalized spacial score (nSPS) is 53.2. The van der Waals surface area contributed by atoms with Crippen LogP contribution in [0, 0.1) is 35.0 Å². The summed E-state index contributed by atoms with van der Waals surface area (Å²) in [5.41, 5.74) is -1.73. The Labute approximate surface area is 148 Å². The molecule has 8 atom stereocenters. The zero-order valence-electron chi connectivity index (χ0n) is 15.2. The molecule has 2 unspecified atom stereocenters. The summed E-state index contributed by atoms with van der Waals surface area (Å²) in [6.07, 6.45) is 3.09. The quantitative estimate of drug-likeness (QED) is 0.526. The molecule has 0 aromatic rings. The van der Waals surface area contributed by atoms with E-state index in [1.54, 1.807) is 13.8 Å². The number of carbonyl (C=O) groups excluding carboxylic acids is 1. The highest BCUT2D eigenvalue weighted by atomic mass is 16.4. The fourth-order valence-electron chi connectivity index (χ4n) is 6.38. The molecule has 5 nitrogen and oxygen atoms in total. The van der Waals surface area contributed by atoms with Gasteiger partial charge in [0.05, 0.1) is 18.3 Å². The molecular weight excluding hydrogens is 320 g/mol. The Morgan fingerprint density at radius 1 is 1.20 bits per heavy atom. The molecule has 0 aromatic heterocycles. The van der Waals surface area contributed by atoms with Crippen LogP contribution in [0.5, 0.6) is 0 Å². The van der Waals surface area contributed by atoms with Crippen LogP contribution in [0.2, 0.25) is 0 Å². The van der Waals surface area contributed by atoms with Crippen LogP contribution in [0.4, 0.5) is 0 Å². The van der Waals surface area contributed by atoms with Crippen LogP contribution in [0.1, 0.15) is 34.1 Å². The van der Waals surface area contributed by atoms with Crippen LogP contribution in [-0.4, -0.2) is 50.1 Å². The number of aliphatic hydroxyl groups excluding tert-OH is 2. The third kappa shape index (κ3) is 1.75. The highest BCUT2D eigenvalue weighted by Gasteiger charge is 2.83. The van der Waals surface area contributed by atoms with Gasteiger partial charge >= 0.3 is 0 Å². The van der Waals surface area contributed by atoms with Crippen molar-refractivity contribution >= 4 is 5.78 Å². The van der Waals surface area contributed by atoms with Crippen molar-refractivity contribution in [2.24, 2.45) is 35.0 Å². The molecule has 0 amide bonds. The maximum absolute atomic E-state index is 12.6. The van der Waals surface area contributed by atoms with Crippen molar-refractivity contribution in [3.05, 3.63) is 23.3 Å². The molecule has 2 saturated carbocycles. The lowest BCUT2D eigenvalue weighted by Crippen LogP contribution is -2.62. The number of allylic oxidation sites excluding steroid dienone is 1. The summed E-state index contributed by atoms with van der Waals surface area (Å²) >= 11 is 0. The van der Waals surface area contributed by atoms with Crippen LogP contribution >= 0.6 is 0 Å². The second-order valence-corrected chi connectivity index (χ2v) is 9.20. The minimum absolute atomic E-state index is 0.0102. The molecule has 2 fully saturated rings. The molecule has 0 bridgehead atoms. The minimum Gasteiger partial charge on any atom is -0.392 e. The van der Waals surface area contributed by atoms with Gasteiger partial charge in [-0.15, -0.1) is 0 Å². The van der Waals surface area contributed by atoms with Gasteiger partial charge in [-0.1, -0.05) is 32.9 Å². The summed E-state index contributed by atoms with van der Waals surface area (Å²) in [6.45, 7) is 7.19. The first-order valence-corrected chi connectivity index (χ1v) is 9.18. The van der Waals surface area contributed by atoms with Gasteiger partial charge in [0.2, 0.25) is 0 Å². The largest absolute Gasteiger partial charge is 0.392 e. The van der Waals surface area contributed by atoms with Gasteiger partial charge in [-0.25, -0.2) is 0 Å². The standard InChI is InChI=1S/C20H28O5/c1-9-5-13-12(15(9)22)6-11(8-21)7-14-16-18(3,4)20(16,25)17(23)10(2)19(13,14)24/h5,7,10,12-14,16-17,21,23-25H,6,8H2,1-4H3/t10-,12+,13-,14+,16?,17-,19+,20?/m1/s1. The second-order valence-electron chi connectivity index (χ2n) is 9.20. The van der Waals surface area contributed by atoms with E-state index in [1.165, 1.54) is 0 Å². The molecule has 0 saturated heterocycles. The number of rotatable bonds is 1. The Bertz CT molecular complexity index is 707. The predicted molar refractivity (Wildman–Crippen MR) is 91.4 cm³/mol. The number of fused-ring (bicyclic) bond motifs is 5. The van der Waals surface area contributed by atoms with Gasteiger partial charge in [-0.2, -0.15) is 0 Å². The summed E-state index contributed by atoms with van der Waals surface area (Å²) < 4.78 is 0. The Balaban J connectivity index is 1.91. The average molecular weight is 348 g/mol. The zero-order valence-corrected chi connectivity index (χ0v) is 15.2. The van der Waals surface area contributed by atoms with E-state index in [-0.39, 0.29) is 18.3 Å². The summed E-state index contributed by atoms with van der Waals surface area (Å²) in [6, 6.07) is 0. The van der Waals surface area contributed by atoms with Crippen LogP contribution < -0.4 is 0 Å². The maximum Gasteiger partial charge on any atom is 0.162 e. The van der Waals surface area contributed by atoms with Gasteiger partial charge in [0.25, 0.3) is 0 Å². The van der Waals surface area contributed by atoms with Gasteiger partial charge < -0.3 is 20.4 Å². The summed E-state index contributed by atoms with van der Waals surface area (Å²) in [5, 5.41) is 43.7. The van der Waals surface area contributed by atoms with E-state index in [0.717, 1.165) is 5.57 Å². The minimum atomic E-state index is -1.32. The van der Waals surface area contributed by atoms with Crippen LogP contribution in [-0.2, 0) is 4.79 Å². The Kier molecular flexibility index (Phi) is 3.36. The summed E-state index contributed by atoms with van der Waals surface area (Å²) in [5.74, 6) is -2.10. The van der Waals surface area contributed by atoms with Crippen molar-refractivity contribution in [3.8, 4) is 0 Å². The summed E-state index contributed by atoms with van der Waals surface area (Å²) in [7, 11) is 0. The van der Waals surface area contributed by atoms with Crippen molar-refractivity contribution < 1.29 is 25.2 Å². The van der Waals surface area contributed by atoms with E-state index < -0.39 is 46.4 Å². The number of ketones is 1. The average Bonchev–Trinajstić information content (AvgIpc) is 2.92. The number of hydrogen-bond donors (Lipinski definition) is 4. The lowest BCUT2D eigenvalue weighted by atomic mass is 9.60. The predicted octanol–water partition coefficient (Wildman–Crippen LogP) is 0.815. The van der Waals surface area contributed by atoms with Crippen molar-refractivity contribution in [2.75, 3.05) is 6.61 Å². The number of carbonyl (C=O) groups is 1. The van der Waals surface area contributed by atoms with Gasteiger partial charge in [0.1, 0.15) is 5.60 Å². The molecule has 25 heavy (non-hydrogen) atoms. The first kappa shape index (κ1) is 17.4. The Morgan fingerprint density at radius 3 is 2.44 bits per heavy atom. The molecule has 0 aliphatic heterocycles. The molecule has 4 rings (SSSR count). The molecule has 5 heteroatoms. The van der Waals surface area contributed by atoms with Crippen molar-refractivity contribution in [2.45, 2.75) is 51.4 Å². The number of hydrogen-bond acceptors (Lipinski definition) is 5. The molecule has 0 heterocycles. The van der Waals surface area contributed by atoms with Crippen LogP contribution in [0.15, 0.2) is 23.3 Å². The van der Waals surface area contributed by atoms with E-state index in [1.807, 2.05) is 26.0 Å². The third-order valence-corrected chi connectivity index (χ3v) is 7.97. The van der Waals surface area contributed by atoms with E-state index in [2.05, 4.69) is 0 Å². The number of aliphatic hydroxyl groups is 4. The lowest BCUT2D eigenvalue weighted by molar-refractivity contribution is -0.192. The van der Waals surface area contributed by atoms with Crippen molar-refractivity contribution in [1.82, 2.24) is 0 Å². The topological polar surface area (TPSA) is 98.0 Å². The fraction of sp³-hybridized carbons (Fsp3) is 0.750. The Morgan fingerprint density at radius 2 is 1.84 bits per heavy atom. The van der Waals surface area contributed by atoms with E-state index in [0.29, 0.717) is 12.0 Å². The van der Waals surface area contributed by atoms with Gasteiger partial charge in [0.15, 0.2) is 5.78 Å². The summed E-state index contributed by atoms with van der Waals surface area (Å²) in [4.78, 5) is 12.6.